The summed E-state index contributed by atoms with van der Waals surface area (Å²) in [4.78, 5) is 35.5. The highest BCUT2D eigenvalue weighted by Gasteiger charge is 2.35. The topological polar surface area (TPSA) is 74.6 Å². The lowest BCUT2D eigenvalue weighted by Crippen LogP contribution is -2.58. The van der Waals surface area contributed by atoms with Gasteiger partial charge in [-0.15, -0.1) is 0 Å². The highest BCUT2D eigenvalue weighted by Crippen LogP contribution is 2.24. The molecule has 0 bridgehead atoms. The standard InChI is InChI=1S/C20H26N6O2/c27-19(8-10-25-16-21-15-22-25)24-13-11-23(12-14-24)18-7-4-9-26(20(18)28)17-5-2-1-3-6-17/h1-3,5-6,15-16,18H,4,7-14H2. The number of piperazine rings is 1. The van der Waals surface area contributed by atoms with Crippen molar-refractivity contribution in [1.29, 1.82) is 0 Å². The van der Waals surface area contributed by atoms with Gasteiger partial charge in [0.05, 0.1) is 12.6 Å². The summed E-state index contributed by atoms with van der Waals surface area (Å²) in [5.74, 6) is 0.319. The highest BCUT2D eigenvalue weighted by molar-refractivity contribution is 5.97. The molecule has 3 heterocycles. The first kappa shape index (κ1) is 18.6. The summed E-state index contributed by atoms with van der Waals surface area (Å²) >= 11 is 0. The van der Waals surface area contributed by atoms with Crippen LogP contribution in [0.25, 0.3) is 0 Å². The summed E-state index contributed by atoms with van der Waals surface area (Å²) in [6.07, 6.45) is 5.42. The van der Waals surface area contributed by atoms with Gasteiger partial charge in [0.2, 0.25) is 11.8 Å². The number of anilines is 1. The van der Waals surface area contributed by atoms with Crippen LogP contribution in [0.15, 0.2) is 43.0 Å². The molecule has 0 aliphatic carbocycles. The molecule has 8 heteroatoms. The van der Waals surface area contributed by atoms with Gasteiger partial charge in [-0.3, -0.25) is 19.2 Å². The maximum absolute atomic E-state index is 13.1. The number of hydrogen-bond acceptors (Lipinski definition) is 5. The van der Waals surface area contributed by atoms with Crippen LogP contribution in [0.3, 0.4) is 0 Å². The number of nitrogens with zero attached hydrogens (tertiary/aromatic N) is 6. The molecular weight excluding hydrogens is 356 g/mol. The number of aromatic nitrogens is 3. The van der Waals surface area contributed by atoms with Crippen molar-refractivity contribution in [3.05, 3.63) is 43.0 Å². The molecule has 1 atom stereocenters. The molecule has 0 saturated carbocycles. The molecule has 1 aromatic heterocycles. The average molecular weight is 382 g/mol. The summed E-state index contributed by atoms with van der Waals surface area (Å²) in [7, 11) is 0. The van der Waals surface area contributed by atoms with E-state index in [1.54, 1.807) is 11.0 Å². The number of benzene rings is 1. The minimum Gasteiger partial charge on any atom is -0.340 e. The van der Waals surface area contributed by atoms with Crippen LogP contribution in [0.2, 0.25) is 0 Å². The molecule has 2 aliphatic heterocycles. The van der Waals surface area contributed by atoms with Gasteiger partial charge in [0.15, 0.2) is 0 Å². The van der Waals surface area contributed by atoms with E-state index in [1.807, 2.05) is 40.1 Å². The molecule has 2 fully saturated rings. The van der Waals surface area contributed by atoms with Crippen molar-refractivity contribution in [2.24, 2.45) is 0 Å². The molecule has 2 aromatic rings. The molecule has 4 rings (SSSR count). The van der Waals surface area contributed by atoms with E-state index in [9.17, 15) is 9.59 Å². The smallest absolute Gasteiger partial charge is 0.244 e. The first-order valence-corrected chi connectivity index (χ1v) is 9.93. The fourth-order valence-corrected chi connectivity index (χ4v) is 4.06. The Morgan fingerprint density at radius 1 is 1.07 bits per heavy atom. The van der Waals surface area contributed by atoms with Crippen molar-refractivity contribution in [3.8, 4) is 0 Å². The third kappa shape index (κ3) is 4.06. The van der Waals surface area contributed by atoms with E-state index in [4.69, 9.17) is 0 Å². The maximum atomic E-state index is 13.1. The number of aryl methyl sites for hydroxylation is 1. The second kappa shape index (κ2) is 8.52. The lowest BCUT2D eigenvalue weighted by Gasteiger charge is -2.42. The van der Waals surface area contributed by atoms with Crippen LogP contribution in [0.5, 0.6) is 0 Å². The molecule has 2 aliphatic rings. The SMILES string of the molecule is O=C(CCn1cncn1)N1CCN(C2CCCN(c3ccccc3)C2=O)CC1. The van der Waals surface area contributed by atoms with Gasteiger partial charge in [0, 0.05) is 44.8 Å². The van der Waals surface area contributed by atoms with Gasteiger partial charge in [-0.05, 0) is 25.0 Å². The summed E-state index contributed by atoms with van der Waals surface area (Å²) < 4.78 is 1.67. The molecular formula is C20H26N6O2. The zero-order chi connectivity index (χ0) is 19.3. The molecule has 148 valence electrons. The van der Waals surface area contributed by atoms with Gasteiger partial charge in [-0.25, -0.2) is 4.98 Å². The van der Waals surface area contributed by atoms with E-state index in [0.29, 0.717) is 26.1 Å². The van der Waals surface area contributed by atoms with Crippen molar-refractivity contribution in [1.82, 2.24) is 24.6 Å². The van der Waals surface area contributed by atoms with E-state index in [2.05, 4.69) is 15.0 Å². The predicted molar refractivity (Wildman–Crippen MR) is 105 cm³/mol. The van der Waals surface area contributed by atoms with Crippen LogP contribution in [-0.2, 0) is 16.1 Å². The zero-order valence-electron chi connectivity index (χ0n) is 16.0. The first-order chi connectivity index (χ1) is 13.7. The van der Waals surface area contributed by atoms with Crippen LogP contribution in [-0.4, -0.2) is 75.1 Å². The number of carbonyl (C=O) groups is 2. The van der Waals surface area contributed by atoms with Gasteiger partial charge in [0.25, 0.3) is 0 Å². The Bertz CT molecular complexity index is 786. The molecule has 0 N–H and O–H groups in total. The van der Waals surface area contributed by atoms with Crippen molar-refractivity contribution < 1.29 is 9.59 Å². The van der Waals surface area contributed by atoms with Crippen LogP contribution in [0.1, 0.15) is 19.3 Å². The quantitative estimate of drug-likeness (QED) is 0.772. The first-order valence-electron chi connectivity index (χ1n) is 9.93. The Hall–Kier alpha value is -2.74. The molecule has 2 saturated heterocycles. The van der Waals surface area contributed by atoms with Gasteiger partial charge in [-0.2, -0.15) is 5.10 Å². The van der Waals surface area contributed by atoms with E-state index < -0.39 is 0 Å². The number of piperidine rings is 1. The molecule has 0 radical (unpaired) electrons. The van der Waals surface area contributed by atoms with Crippen molar-refractivity contribution >= 4 is 17.5 Å². The third-order valence-electron chi connectivity index (χ3n) is 5.61. The minimum absolute atomic E-state index is 0.0821. The third-order valence-corrected chi connectivity index (χ3v) is 5.61. The van der Waals surface area contributed by atoms with Gasteiger partial charge >= 0.3 is 0 Å². The second-order valence-electron chi connectivity index (χ2n) is 7.31. The Balaban J connectivity index is 1.30. The molecule has 2 amide bonds. The van der Waals surface area contributed by atoms with Crippen LogP contribution in [0, 0.1) is 0 Å². The number of carbonyl (C=O) groups excluding carboxylic acids is 2. The van der Waals surface area contributed by atoms with Gasteiger partial charge in [-0.1, -0.05) is 18.2 Å². The monoisotopic (exact) mass is 382 g/mol. The summed E-state index contributed by atoms with van der Waals surface area (Å²) in [5.41, 5.74) is 0.971. The zero-order valence-corrected chi connectivity index (χ0v) is 16.0. The average Bonchev–Trinajstić information content (AvgIpc) is 3.27. The van der Waals surface area contributed by atoms with Crippen molar-refractivity contribution in [2.45, 2.75) is 31.8 Å². The lowest BCUT2D eigenvalue weighted by molar-refractivity contribution is -0.134. The van der Waals surface area contributed by atoms with Crippen LogP contribution < -0.4 is 4.90 Å². The number of hydrogen-bond donors (Lipinski definition) is 0. The molecule has 1 aromatic carbocycles. The highest BCUT2D eigenvalue weighted by atomic mass is 16.2. The van der Waals surface area contributed by atoms with E-state index >= 15 is 0 Å². The molecule has 28 heavy (non-hydrogen) atoms. The van der Waals surface area contributed by atoms with Crippen molar-refractivity contribution in [2.75, 3.05) is 37.6 Å². The lowest BCUT2D eigenvalue weighted by atomic mass is 10.0. The minimum atomic E-state index is -0.0821. The van der Waals surface area contributed by atoms with Gasteiger partial charge < -0.3 is 9.80 Å². The number of amides is 2. The Morgan fingerprint density at radius 3 is 2.57 bits per heavy atom. The Kier molecular flexibility index (Phi) is 5.66. The fraction of sp³-hybridized carbons (Fsp3) is 0.500. The number of para-hydroxylation sites is 1. The number of rotatable bonds is 5. The predicted octanol–water partition coefficient (Wildman–Crippen LogP) is 1.01. The Morgan fingerprint density at radius 2 is 1.86 bits per heavy atom. The normalized spacial score (nSPS) is 21.1. The Labute approximate surface area is 164 Å². The fourth-order valence-electron chi connectivity index (χ4n) is 4.06. The molecule has 8 nitrogen and oxygen atoms in total. The summed E-state index contributed by atoms with van der Waals surface area (Å²) in [6.45, 7) is 4.16. The van der Waals surface area contributed by atoms with E-state index in [0.717, 1.165) is 38.2 Å². The second-order valence-corrected chi connectivity index (χ2v) is 7.31. The molecule has 0 spiro atoms. The van der Waals surface area contributed by atoms with Crippen molar-refractivity contribution in [3.63, 3.8) is 0 Å². The maximum Gasteiger partial charge on any atom is 0.244 e. The van der Waals surface area contributed by atoms with Crippen LogP contribution in [0.4, 0.5) is 5.69 Å². The van der Waals surface area contributed by atoms with Gasteiger partial charge in [0.1, 0.15) is 12.7 Å². The summed E-state index contributed by atoms with van der Waals surface area (Å²) in [6, 6.07) is 9.81. The summed E-state index contributed by atoms with van der Waals surface area (Å²) in [5, 5.41) is 4.03. The van der Waals surface area contributed by atoms with E-state index in [1.165, 1.54) is 6.33 Å². The van der Waals surface area contributed by atoms with Crippen LogP contribution >= 0.6 is 0 Å². The molecule has 1 unspecified atom stereocenters. The largest absolute Gasteiger partial charge is 0.340 e. The van der Waals surface area contributed by atoms with E-state index in [-0.39, 0.29) is 17.9 Å².